The highest BCUT2D eigenvalue weighted by Crippen LogP contribution is 2.43. The SMILES string of the molecule is CC(C)(C)[Si](C)(C)OC1CC(O)CSS1. The van der Waals surface area contributed by atoms with Crippen LogP contribution in [0.25, 0.3) is 0 Å². The Hall–Kier alpha value is 0.837. The van der Waals surface area contributed by atoms with Crippen molar-refractivity contribution in [2.45, 2.75) is 56.9 Å². The van der Waals surface area contributed by atoms with Gasteiger partial charge in [0.05, 0.1) is 6.10 Å². The number of hydrogen-bond donors (Lipinski definition) is 1. The molecule has 5 heteroatoms. The zero-order valence-electron chi connectivity index (χ0n) is 10.2. The average molecular weight is 267 g/mol. The van der Waals surface area contributed by atoms with Gasteiger partial charge in [-0.15, -0.1) is 0 Å². The van der Waals surface area contributed by atoms with Gasteiger partial charge in [0.15, 0.2) is 8.32 Å². The van der Waals surface area contributed by atoms with Crippen LogP contribution in [0.4, 0.5) is 0 Å². The quantitative estimate of drug-likeness (QED) is 0.612. The van der Waals surface area contributed by atoms with Crippen LogP contribution in [0.15, 0.2) is 0 Å². The third-order valence-electron chi connectivity index (χ3n) is 3.13. The molecule has 0 aromatic carbocycles. The van der Waals surface area contributed by atoms with Crippen LogP contribution in [-0.4, -0.2) is 30.7 Å². The summed E-state index contributed by atoms with van der Waals surface area (Å²) in [5.41, 5.74) is 0.180. The number of aliphatic hydroxyl groups is 1. The second-order valence-electron chi connectivity index (χ2n) is 5.58. The summed E-state index contributed by atoms with van der Waals surface area (Å²) in [6.45, 7) is 11.3. The van der Waals surface area contributed by atoms with E-state index in [1.807, 2.05) is 0 Å². The molecule has 2 atom stereocenters. The summed E-state index contributed by atoms with van der Waals surface area (Å²) in [4.78, 5) is 0. The first kappa shape index (κ1) is 13.9. The number of hydrogen-bond acceptors (Lipinski definition) is 4. The van der Waals surface area contributed by atoms with Crippen LogP contribution >= 0.6 is 21.6 Å². The molecule has 0 bridgehead atoms. The fourth-order valence-corrected chi connectivity index (χ4v) is 5.66. The lowest BCUT2D eigenvalue weighted by atomic mass is 10.2. The van der Waals surface area contributed by atoms with Crippen LogP contribution in [0.3, 0.4) is 0 Å². The molecule has 0 aromatic rings. The molecule has 2 unspecified atom stereocenters. The van der Waals surface area contributed by atoms with Crippen molar-refractivity contribution >= 4 is 29.9 Å². The molecule has 0 amide bonds. The van der Waals surface area contributed by atoms with Crippen molar-refractivity contribution in [2.24, 2.45) is 0 Å². The minimum Gasteiger partial charge on any atom is -0.404 e. The molecular formula is C10H22O2S2Si. The Morgan fingerprint density at radius 3 is 2.40 bits per heavy atom. The van der Waals surface area contributed by atoms with E-state index in [2.05, 4.69) is 33.9 Å². The van der Waals surface area contributed by atoms with Gasteiger partial charge in [-0.25, -0.2) is 0 Å². The topological polar surface area (TPSA) is 29.5 Å². The summed E-state index contributed by atoms with van der Waals surface area (Å²) >= 11 is 0. The molecule has 1 aliphatic heterocycles. The van der Waals surface area contributed by atoms with Crippen LogP contribution in [0.5, 0.6) is 0 Å². The predicted molar refractivity (Wildman–Crippen MR) is 72.7 cm³/mol. The summed E-state index contributed by atoms with van der Waals surface area (Å²) in [5, 5.41) is 9.83. The molecule has 0 saturated carbocycles. The maximum atomic E-state index is 9.58. The molecule has 1 heterocycles. The van der Waals surface area contributed by atoms with Crippen molar-refractivity contribution in [1.82, 2.24) is 0 Å². The minimum absolute atomic E-state index is 0.180. The van der Waals surface area contributed by atoms with E-state index in [0.29, 0.717) is 0 Å². The maximum Gasteiger partial charge on any atom is 0.193 e. The van der Waals surface area contributed by atoms with Crippen molar-refractivity contribution in [3.63, 3.8) is 0 Å². The minimum atomic E-state index is -1.67. The van der Waals surface area contributed by atoms with E-state index >= 15 is 0 Å². The van der Waals surface area contributed by atoms with Crippen LogP contribution in [0.1, 0.15) is 27.2 Å². The van der Waals surface area contributed by atoms with E-state index in [-0.39, 0.29) is 16.6 Å². The van der Waals surface area contributed by atoms with Crippen molar-refractivity contribution in [1.29, 1.82) is 0 Å². The molecule has 1 N–H and O–H groups in total. The second kappa shape index (κ2) is 5.00. The zero-order valence-corrected chi connectivity index (χ0v) is 12.9. The Labute approximate surface area is 102 Å². The van der Waals surface area contributed by atoms with Gasteiger partial charge in [-0.3, -0.25) is 0 Å². The Morgan fingerprint density at radius 2 is 1.93 bits per heavy atom. The lowest BCUT2D eigenvalue weighted by molar-refractivity contribution is 0.140. The van der Waals surface area contributed by atoms with Gasteiger partial charge in [0.2, 0.25) is 0 Å². The van der Waals surface area contributed by atoms with Crippen molar-refractivity contribution in [2.75, 3.05) is 5.75 Å². The van der Waals surface area contributed by atoms with Crippen LogP contribution < -0.4 is 0 Å². The Kier molecular flexibility index (Phi) is 4.63. The predicted octanol–water partition coefficient (Wildman–Crippen LogP) is 3.48. The summed E-state index contributed by atoms with van der Waals surface area (Å²) < 4.78 is 6.23. The lowest BCUT2D eigenvalue weighted by Gasteiger charge is -2.40. The first-order valence-corrected chi connectivity index (χ1v) is 10.7. The van der Waals surface area contributed by atoms with Crippen molar-refractivity contribution < 1.29 is 9.53 Å². The van der Waals surface area contributed by atoms with Crippen molar-refractivity contribution in [3.05, 3.63) is 0 Å². The summed E-state index contributed by atoms with van der Waals surface area (Å²) in [7, 11) is 1.84. The monoisotopic (exact) mass is 266 g/mol. The van der Waals surface area contributed by atoms with Gasteiger partial charge in [0.25, 0.3) is 0 Å². The molecule has 0 spiro atoms. The van der Waals surface area contributed by atoms with E-state index < -0.39 is 8.32 Å². The highest BCUT2D eigenvalue weighted by Gasteiger charge is 2.40. The largest absolute Gasteiger partial charge is 0.404 e. The van der Waals surface area contributed by atoms with E-state index in [0.717, 1.165) is 12.2 Å². The van der Waals surface area contributed by atoms with Gasteiger partial charge >= 0.3 is 0 Å². The molecule has 0 radical (unpaired) electrons. The molecule has 90 valence electrons. The van der Waals surface area contributed by atoms with E-state index in [1.54, 1.807) is 21.6 Å². The third kappa shape index (κ3) is 3.96. The van der Waals surface area contributed by atoms with Gasteiger partial charge in [-0.05, 0) is 18.1 Å². The molecular weight excluding hydrogens is 244 g/mol. The van der Waals surface area contributed by atoms with Crippen LogP contribution in [0.2, 0.25) is 18.1 Å². The third-order valence-corrected chi connectivity index (χ3v) is 10.4. The van der Waals surface area contributed by atoms with Gasteiger partial charge < -0.3 is 9.53 Å². The zero-order chi connectivity index (χ0) is 11.7. The second-order valence-corrected chi connectivity index (χ2v) is 12.9. The molecule has 0 aromatic heterocycles. The van der Waals surface area contributed by atoms with E-state index in [9.17, 15) is 5.11 Å². The molecule has 1 aliphatic rings. The normalized spacial score (nSPS) is 29.2. The molecule has 15 heavy (non-hydrogen) atoms. The Bertz CT molecular complexity index is 216. The maximum absolute atomic E-state index is 9.58. The summed E-state index contributed by atoms with van der Waals surface area (Å²) in [6, 6.07) is 0. The molecule has 1 saturated heterocycles. The fourth-order valence-electron chi connectivity index (χ4n) is 1.10. The number of aliphatic hydroxyl groups excluding tert-OH is 1. The molecule has 1 fully saturated rings. The van der Waals surface area contributed by atoms with Gasteiger partial charge in [-0.2, -0.15) is 0 Å². The van der Waals surface area contributed by atoms with Crippen LogP contribution in [-0.2, 0) is 4.43 Å². The first-order valence-electron chi connectivity index (χ1n) is 5.36. The van der Waals surface area contributed by atoms with Gasteiger partial charge in [0, 0.05) is 12.2 Å². The van der Waals surface area contributed by atoms with Gasteiger partial charge in [-0.1, -0.05) is 42.4 Å². The summed E-state index contributed by atoms with van der Waals surface area (Å²) in [5.74, 6) is 0.835. The average Bonchev–Trinajstić information content (AvgIpc) is 2.00. The lowest BCUT2D eigenvalue weighted by Crippen LogP contribution is -2.44. The first-order chi connectivity index (χ1) is 6.72. The molecule has 2 nitrogen and oxygen atoms in total. The smallest absolute Gasteiger partial charge is 0.193 e. The van der Waals surface area contributed by atoms with Gasteiger partial charge in [0.1, 0.15) is 5.44 Å². The van der Waals surface area contributed by atoms with Crippen LogP contribution in [0, 0.1) is 0 Å². The molecule has 0 aliphatic carbocycles. The number of rotatable bonds is 2. The highest BCUT2D eigenvalue weighted by atomic mass is 33.1. The Balaban J connectivity index is 2.53. The highest BCUT2D eigenvalue weighted by molar-refractivity contribution is 8.77. The van der Waals surface area contributed by atoms with E-state index in [1.165, 1.54) is 0 Å². The Morgan fingerprint density at radius 1 is 1.33 bits per heavy atom. The standard InChI is InChI=1S/C10H22O2S2Si/c1-10(2,3)15(4,5)12-9-6-8(11)7-13-14-9/h8-9,11H,6-7H2,1-5H3. The van der Waals surface area contributed by atoms with Crippen molar-refractivity contribution in [3.8, 4) is 0 Å². The fraction of sp³-hybridized carbons (Fsp3) is 1.00. The van der Waals surface area contributed by atoms with E-state index in [4.69, 9.17) is 4.43 Å². The molecule has 1 rings (SSSR count). The summed E-state index contributed by atoms with van der Waals surface area (Å²) in [6.07, 6.45) is 0.593.